The molecule has 0 aromatic heterocycles. The maximum atomic E-state index is 11.7. The second kappa shape index (κ2) is 6.07. The van der Waals surface area contributed by atoms with Crippen LogP contribution in [0.25, 0.3) is 0 Å². The predicted molar refractivity (Wildman–Crippen MR) is 69.9 cm³/mol. The van der Waals surface area contributed by atoms with Crippen LogP contribution in [-0.2, 0) is 19.1 Å². The molecule has 2 rings (SSSR count). The lowest BCUT2D eigenvalue weighted by atomic mass is 9.99. The lowest BCUT2D eigenvalue weighted by Crippen LogP contribution is -2.41. The van der Waals surface area contributed by atoms with E-state index in [1.54, 1.807) is 11.8 Å². The van der Waals surface area contributed by atoms with Crippen LogP contribution in [0, 0.1) is 0 Å². The number of rotatable bonds is 4. The van der Waals surface area contributed by atoms with Gasteiger partial charge in [0.1, 0.15) is 17.4 Å². The van der Waals surface area contributed by atoms with Gasteiger partial charge in [-0.25, -0.2) is 4.79 Å². The SMILES string of the molecule is C[C@@H]1CC(=O)/C(=C(\O)CCCC(=O)N2CCC2)C(=O)O1. The molecule has 110 valence electrons. The summed E-state index contributed by atoms with van der Waals surface area (Å²) in [6.45, 7) is 3.23. The van der Waals surface area contributed by atoms with Crippen molar-refractivity contribution in [3.8, 4) is 0 Å². The van der Waals surface area contributed by atoms with E-state index in [9.17, 15) is 19.5 Å². The Morgan fingerprint density at radius 1 is 1.35 bits per heavy atom. The quantitative estimate of drug-likeness (QED) is 0.361. The lowest BCUT2D eigenvalue weighted by molar-refractivity contribution is -0.150. The number of ether oxygens (including phenoxy) is 1. The van der Waals surface area contributed by atoms with Crippen molar-refractivity contribution < 1.29 is 24.2 Å². The summed E-state index contributed by atoms with van der Waals surface area (Å²) in [4.78, 5) is 36.7. The van der Waals surface area contributed by atoms with Crippen molar-refractivity contribution in [2.24, 2.45) is 0 Å². The molecule has 0 bridgehead atoms. The number of esters is 1. The topological polar surface area (TPSA) is 83.9 Å². The molecule has 0 spiro atoms. The van der Waals surface area contributed by atoms with Crippen LogP contribution < -0.4 is 0 Å². The summed E-state index contributed by atoms with van der Waals surface area (Å²) in [5.41, 5.74) is -0.250. The molecule has 6 nitrogen and oxygen atoms in total. The van der Waals surface area contributed by atoms with Crippen LogP contribution in [0.1, 0.15) is 39.0 Å². The Labute approximate surface area is 117 Å². The van der Waals surface area contributed by atoms with Gasteiger partial charge < -0.3 is 14.7 Å². The minimum absolute atomic E-state index is 0.0558. The number of aliphatic hydroxyl groups is 1. The van der Waals surface area contributed by atoms with Gasteiger partial charge in [-0.3, -0.25) is 9.59 Å². The zero-order valence-corrected chi connectivity index (χ0v) is 11.6. The molecule has 2 fully saturated rings. The van der Waals surface area contributed by atoms with Gasteiger partial charge >= 0.3 is 5.97 Å². The van der Waals surface area contributed by atoms with Crippen LogP contribution in [0.2, 0.25) is 0 Å². The van der Waals surface area contributed by atoms with Crippen LogP contribution >= 0.6 is 0 Å². The number of aliphatic hydroxyl groups excluding tert-OH is 1. The van der Waals surface area contributed by atoms with Crippen molar-refractivity contribution in [1.29, 1.82) is 0 Å². The lowest BCUT2D eigenvalue weighted by Gasteiger charge is -2.30. The predicted octanol–water partition coefficient (Wildman–Crippen LogP) is 1.11. The summed E-state index contributed by atoms with van der Waals surface area (Å²) in [5.74, 6) is -1.36. The molecule has 1 amide bonds. The van der Waals surface area contributed by atoms with E-state index in [0.29, 0.717) is 12.8 Å². The highest BCUT2D eigenvalue weighted by atomic mass is 16.5. The van der Waals surface area contributed by atoms with Gasteiger partial charge in [-0.1, -0.05) is 0 Å². The Kier molecular flexibility index (Phi) is 4.42. The Morgan fingerprint density at radius 3 is 2.60 bits per heavy atom. The summed E-state index contributed by atoms with van der Waals surface area (Å²) in [7, 11) is 0. The number of carbonyl (C=O) groups excluding carboxylic acids is 3. The van der Waals surface area contributed by atoms with E-state index in [-0.39, 0.29) is 35.9 Å². The number of Topliss-reactive ketones (excluding diaryl/α,β-unsaturated/α-hetero) is 1. The summed E-state index contributed by atoms with van der Waals surface area (Å²) in [6.07, 6.45) is 1.57. The van der Waals surface area contributed by atoms with Crippen molar-refractivity contribution in [3.63, 3.8) is 0 Å². The van der Waals surface area contributed by atoms with Gasteiger partial charge in [-0.2, -0.15) is 0 Å². The molecule has 2 aliphatic rings. The van der Waals surface area contributed by atoms with Gasteiger partial charge in [0.25, 0.3) is 0 Å². The molecule has 2 aliphatic heterocycles. The standard InChI is InChI=1S/C14H19NO5/c1-9-8-11(17)13(14(19)20-9)10(16)4-2-5-12(18)15-6-3-7-15/h9,16H,2-8H2,1H3/b13-10+/t9-/m1/s1. The molecule has 0 aromatic rings. The Hall–Kier alpha value is -1.85. The third-order valence-electron chi connectivity index (χ3n) is 3.57. The summed E-state index contributed by atoms with van der Waals surface area (Å²) >= 11 is 0. The number of nitrogens with zero attached hydrogens (tertiary/aromatic N) is 1. The molecular formula is C14H19NO5. The van der Waals surface area contributed by atoms with Crippen LogP contribution in [0.3, 0.4) is 0 Å². The Balaban J connectivity index is 1.87. The number of allylic oxidation sites excluding steroid dienone is 1. The molecule has 1 N–H and O–H groups in total. The molecule has 20 heavy (non-hydrogen) atoms. The molecule has 0 unspecified atom stereocenters. The van der Waals surface area contributed by atoms with Gasteiger partial charge in [-0.15, -0.1) is 0 Å². The number of hydrogen-bond donors (Lipinski definition) is 1. The third kappa shape index (κ3) is 3.18. The molecule has 1 atom stereocenters. The fourth-order valence-electron chi connectivity index (χ4n) is 2.29. The minimum Gasteiger partial charge on any atom is -0.511 e. The zero-order valence-electron chi connectivity index (χ0n) is 11.6. The molecule has 0 saturated carbocycles. The number of carbonyl (C=O) groups is 3. The minimum atomic E-state index is -0.764. The first-order chi connectivity index (χ1) is 9.49. The van der Waals surface area contributed by atoms with Crippen LogP contribution in [0.4, 0.5) is 0 Å². The normalized spacial score (nSPS) is 25.1. The highest BCUT2D eigenvalue weighted by Gasteiger charge is 2.32. The van der Waals surface area contributed by atoms with E-state index >= 15 is 0 Å². The molecule has 6 heteroatoms. The second-order valence-electron chi connectivity index (χ2n) is 5.25. The molecule has 2 saturated heterocycles. The van der Waals surface area contributed by atoms with Crippen molar-refractivity contribution in [3.05, 3.63) is 11.3 Å². The summed E-state index contributed by atoms with van der Waals surface area (Å²) in [6, 6.07) is 0. The van der Waals surface area contributed by atoms with Crippen LogP contribution in [0.5, 0.6) is 0 Å². The van der Waals surface area contributed by atoms with Crippen molar-refractivity contribution in [1.82, 2.24) is 4.90 Å². The largest absolute Gasteiger partial charge is 0.511 e. The highest BCUT2D eigenvalue weighted by Crippen LogP contribution is 2.21. The number of likely N-dealkylation sites (tertiary alicyclic amines) is 1. The Bertz CT molecular complexity index is 444. The van der Waals surface area contributed by atoms with E-state index in [4.69, 9.17) is 4.74 Å². The maximum absolute atomic E-state index is 11.7. The average Bonchev–Trinajstić information content (AvgIpc) is 2.24. The van der Waals surface area contributed by atoms with Gasteiger partial charge in [0, 0.05) is 32.4 Å². The third-order valence-corrected chi connectivity index (χ3v) is 3.57. The molecule has 0 aliphatic carbocycles. The first-order valence-electron chi connectivity index (χ1n) is 6.93. The van der Waals surface area contributed by atoms with E-state index < -0.39 is 12.1 Å². The Morgan fingerprint density at radius 2 is 2.05 bits per heavy atom. The first-order valence-corrected chi connectivity index (χ1v) is 6.93. The maximum Gasteiger partial charge on any atom is 0.345 e. The smallest absolute Gasteiger partial charge is 0.345 e. The molecular weight excluding hydrogens is 262 g/mol. The van der Waals surface area contributed by atoms with Crippen molar-refractivity contribution in [2.45, 2.75) is 45.1 Å². The fraction of sp³-hybridized carbons (Fsp3) is 0.643. The van der Waals surface area contributed by atoms with E-state index in [2.05, 4.69) is 0 Å². The molecule has 0 aromatic carbocycles. The van der Waals surface area contributed by atoms with E-state index in [1.165, 1.54) is 0 Å². The summed E-state index contributed by atoms with van der Waals surface area (Å²) in [5, 5.41) is 9.86. The van der Waals surface area contributed by atoms with Crippen molar-refractivity contribution in [2.75, 3.05) is 13.1 Å². The fourth-order valence-corrected chi connectivity index (χ4v) is 2.29. The molecule has 0 radical (unpaired) electrons. The zero-order chi connectivity index (χ0) is 14.7. The van der Waals surface area contributed by atoms with Crippen molar-refractivity contribution >= 4 is 17.7 Å². The van der Waals surface area contributed by atoms with Gasteiger partial charge in [0.05, 0.1) is 0 Å². The number of cyclic esters (lactones) is 1. The number of ketones is 1. The molecule has 2 heterocycles. The van der Waals surface area contributed by atoms with Gasteiger partial charge in [0.15, 0.2) is 5.78 Å². The average molecular weight is 281 g/mol. The first kappa shape index (κ1) is 14.6. The second-order valence-corrected chi connectivity index (χ2v) is 5.25. The number of hydrogen-bond acceptors (Lipinski definition) is 5. The van der Waals surface area contributed by atoms with E-state index in [1.807, 2.05) is 0 Å². The monoisotopic (exact) mass is 281 g/mol. The van der Waals surface area contributed by atoms with E-state index in [0.717, 1.165) is 19.5 Å². The summed E-state index contributed by atoms with van der Waals surface area (Å²) < 4.78 is 4.93. The van der Waals surface area contributed by atoms with Gasteiger partial charge in [0.2, 0.25) is 5.91 Å². The van der Waals surface area contributed by atoms with Crippen LogP contribution in [0.15, 0.2) is 11.3 Å². The highest BCUT2D eigenvalue weighted by molar-refractivity contribution is 6.19. The van der Waals surface area contributed by atoms with Gasteiger partial charge in [-0.05, 0) is 19.8 Å². The van der Waals surface area contributed by atoms with Crippen LogP contribution in [-0.4, -0.2) is 46.9 Å². The number of amides is 1.